The number of benzene rings is 3. The second kappa shape index (κ2) is 5.83. The van der Waals surface area contributed by atoms with Crippen LogP contribution in [0.1, 0.15) is 22.3 Å². The fraction of sp³-hybridized carbons (Fsp3) is 0.167. The number of anilines is 1. The van der Waals surface area contributed by atoms with Crippen LogP contribution in [0.2, 0.25) is 0 Å². The van der Waals surface area contributed by atoms with Gasteiger partial charge in [-0.25, -0.2) is 4.90 Å². The van der Waals surface area contributed by atoms with E-state index in [4.69, 9.17) is 0 Å². The van der Waals surface area contributed by atoms with Crippen LogP contribution in [0.4, 0.5) is 5.69 Å². The molecule has 1 heterocycles. The molecule has 2 atom stereocenters. The van der Waals surface area contributed by atoms with Crippen molar-refractivity contribution in [3.8, 4) is 5.75 Å². The Kier molecular flexibility index (Phi) is 3.56. The number of hydrogen-bond donors (Lipinski definition) is 1. The number of halogens is 2. The van der Waals surface area contributed by atoms with Gasteiger partial charge in [-0.3, -0.25) is 9.59 Å². The smallest absolute Gasteiger partial charge is 0.239 e. The molecule has 0 unspecified atom stereocenters. The van der Waals surface area contributed by atoms with Crippen molar-refractivity contribution in [3.63, 3.8) is 0 Å². The first kappa shape index (κ1) is 18.3. The Labute approximate surface area is 189 Å². The first-order chi connectivity index (χ1) is 14.4. The maximum absolute atomic E-state index is 13.8. The molecule has 30 heavy (non-hydrogen) atoms. The summed E-state index contributed by atoms with van der Waals surface area (Å²) in [6, 6.07) is 22.3. The summed E-state index contributed by atoms with van der Waals surface area (Å²) in [4.78, 5) is 28.8. The topological polar surface area (TPSA) is 57.6 Å². The van der Waals surface area contributed by atoms with Gasteiger partial charge in [0.05, 0.1) is 26.2 Å². The second-order valence-electron chi connectivity index (χ2n) is 8.00. The average Bonchev–Trinajstić information content (AvgIpc) is 3.03. The van der Waals surface area contributed by atoms with Crippen LogP contribution in [-0.2, 0) is 18.2 Å². The Morgan fingerprint density at radius 2 is 1.13 bits per heavy atom. The quantitative estimate of drug-likeness (QED) is 0.367. The van der Waals surface area contributed by atoms with Crippen LogP contribution in [-0.4, -0.2) is 16.9 Å². The van der Waals surface area contributed by atoms with E-state index < -0.39 is 20.5 Å². The van der Waals surface area contributed by atoms with E-state index in [0.717, 1.165) is 22.3 Å². The first-order valence-corrected chi connectivity index (χ1v) is 11.2. The largest absolute Gasteiger partial charge is 0.508 e. The molecular formula is C24H15Br2NO3. The molecule has 3 aliphatic carbocycles. The zero-order valence-corrected chi connectivity index (χ0v) is 18.7. The summed E-state index contributed by atoms with van der Waals surface area (Å²) in [5.74, 6) is -1.74. The number of phenols is 1. The van der Waals surface area contributed by atoms with E-state index in [-0.39, 0.29) is 17.6 Å². The minimum atomic E-state index is -0.807. The summed E-state index contributed by atoms with van der Waals surface area (Å²) in [6.07, 6.45) is 0. The molecule has 1 aliphatic heterocycles. The third-order valence-corrected chi connectivity index (χ3v) is 9.37. The summed E-state index contributed by atoms with van der Waals surface area (Å²) in [6.45, 7) is 0. The van der Waals surface area contributed by atoms with E-state index in [9.17, 15) is 14.7 Å². The molecule has 2 bridgehead atoms. The van der Waals surface area contributed by atoms with Crippen LogP contribution in [0.15, 0.2) is 72.8 Å². The molecule has 0 spiro atoms. The van der Waals surface area contributed by atoms with E-state index in [1.54, 1.807) is 12.1 Å². The molecule has 1 saturated heterocycles. The third kappa shape index (κ3) is 1.92. The molecule has 1 fully saturated rings. The van der Waals surface area contributed by atoms with Crippen molar-refractivity contribution in [2.75, 3.05) is 4.90 Å². The van der Waals surface area contributed by atoms with Gasteiger partial charge in [-0.15, -0.1) is 0 Å². The summed E-state index contributed by atoms with van der Waals surface area (Å²) >= 11 is 7.95. The van der Waals surface area contributed by atoms with Gasteiger partial charge >= 0.3 is 0 Å². The van der Waals surface area contributed by atoms with Gasteiger partial charge < -0.3 is 5.11 Å². The monoisotopic (exact) mass is 523 g/mol. The van der Waals surface area contributed by atoms with Gasteiger partial charge in [0.2, 0.25) is 11.8 Å². The molecule has 3 aromatic carbocycles. The van der Waals surface area contributed by atoms with Gasteiger partial charge in [0.1, 0.15) is 5.75 Å². The zero-order chi connectivity index (χ0) is 20.8. The van der Waals surface area contributed by atoms with Crippen LogP contribution >= 0.6 is 31.9 Å². The predicted octanol–water partition coefficient (Wildman–Crippen LogP) is 4.80. The summed E-state index contributed by atoms with van der Waals surface area (Å²) in [7, 11) is 0. The molecule has 0 radical (unpaired) electrons. The first-order valence-electron chi connectivity index (χ1n) is 9.64. The molecule has 4 aliphatic rings. The van der Waals surface area contributed by atoms with Crippen molar-refractivity contribution in [1.29, 1.82) is 0 Å². The lowest BCUT2D eigenvalue weighted by Crippen LogP contribution is -2.56. The normalized spacial score (nSPS) is 30.8. The molecule has 2 amide bonds. The number of phenolic OH excluding ortho intramolecular Hbond substituents is 1. The molecule has 0 aromatic heterocycles. The number of hydrogen-bond acceptors (Lipinski definition) is 3. The number of amides is 2. The highest BCUT2D eigenvalue weighted by atomic mass is 79.9. The number of aromatic hydroxyl groups is 1. The van der Waals surface area contributed by atoms with Gasteiger partial charge in [-0.2, -0.15) is 0 Å². The van der Waals surface area contributed by atoms with Crippen molar-refractivity contribution in [2.45, 2.75) is 8.65 Å². The third-order valence-electron chi connectivity index (χ3n) is 6.67. The Bertz CT molecular complexity index is 1150. The fourth-order valence-electron chi connectivity index (χ4n) is 5.55. The van der Waals surface area contributed by atoms with Crippen molar-refractivity contribution >= 4 is 49.4 Å². The van der Waals surface area contributed by atoms with Crippen LogP contribution < -0.4 is 4.90 Å². The standard InChI is InChI=1S/C24H15Br2NO3/c25-23-15-8-1-2-9-16(15)24(26,18-11-4-3-10-17(18)23)20-19(23)21(29)27(22(20)30)13-6-5-7-14(28)12-13/h1-12,19-20,28H/t19-,20-,23?,24?/m1/s1. The summed E-state index contributed by atoms with van der Waals surface area (Å²) in [5, 5.41) is 9.94. The van der Waals surface area contributed by atoms with Crippen molar-refractivity contribution in [3.05, 3.63) is 95.1 Å². The van der Waals surface area contributed by atoms with Crippen LogP contribution in [0.25, 0.3) is 0 Å². The molecule has 7 rings (SSSR count). The fourth-order valence-corrected chi connectivity index (χ4v) is 7.86. The van der Waals surface area contributed by atoms with Crippen LogP contribution in [0, 0.1) is 11.8 Å². The lowest BCUT2D eigenvalue weighted by atomic mass is 9.54. The molecule has 148 valence electrons. The Morgan fingerprint density at radius 3 is 1.53 bits per heavy atom. The Morgan fingerprint density at radius 1 is 0.700 bits per heavy atom. The Hall–Kier alpha value is -2.44. The maximum atomic E-state index is 13.8. The number of carbonyl (C=O) groups is 2. The molecule has 6 heteroatoms. The molecule has 3 aromatic rings. The van der Waals surface area contributed by atoms with Gasteiger partial charge in [0.15, 0.2) is 0 Å². The maximum Gasteiger partial charge on any atom is 0.239 e. The van der Waals surface area contributed by atoms with E-state index in [1.807, 2.05) is 48.5 Å². The molecule has 0 saturated carbocycles. The number of imide groups is 1. The van der Waals surface area contributed by atoms with E-state index in [0.29, 0.717) is 5.69 Å². The van der Waals surface area contributed by atoms with Crippen molar-refractivity contribution in [1.82, 2.24) is 0 Å². The van der Waals surface area contributed by atoms with Gasteiger partial charge in [-0.05, 0) is 34.4 Å². The number of rotatable bonds is 1. The average molecular weight is 525 g/mol. The van der Waals surface area contributed by atoms with Gasteiger partial charge in [-0.1, -0.05) is 86.5 Å². The van der Waals surface area contributed by atoms with Crippen molar-refractivity contribution in [2.24, 2.45) is 11.8 Å². The highest BCUT2D eigenvalue weighted by Crippen LogP contribution is 2.70. The van der Waals surface area contributed by atoms with E-state index >= 15 is 0 Å². The van der Waals surface area contributed by atoms with Gasteiger partial charge in [0.25, 0.3) is 0 Å². The lowest BCUT2D eigenvalue weighted by Gasteiger charge is -2.55. The highest BCUT2D eigenvalue weighted by Gasteiger charge is 2.72. The number of alkyl halides is 2. The summed E-state index contributed by atoms with van der Waals surface area (Å²) < 4.78 is -1.61. The highest BCUT2D eigenvalue weighted by molar-refractivity contribution is 9.10. The second-order valence-corrected chi connectivity index (χ2v) is 10.5. The lowest BCUT2D eigenvalue weighted by molar-refractivity contribution is -0.122. The van der Waals surface area contributed by atoms with Crippen LogP contribution in [0.5, 0.6) is 5.75 Å². The number of carbonyl (C=O) groups excluding carboxylic acids is 2. The molecule has 4 nitrogen and oxygen atoms in total. The SMILES string of the molecule is O=C1[C@H]2[C@H](C(=O)N1c1cccc(O)c1)C1(Br)c3ccccc3C2(Br)c2ccccc21. The van der Waals surface area contributed by atoms with Crippen molar-refractivity contribution < 1.29 is 14.7 Å². The summed E-state index contributed by atoms with van der Waals surface area (Å²) in [5.41, 5.74) is 4.39. The minimum Gasteiger partial charge on any atom is -0.508 e. The Balaban J connectivity index is 1.67. The van der Waals surface area contributed by atoms with E-state index in [2.05, 4.69) is 31.9 Å². The number of nitrogens with zero attached hydrogens (tertiary/aromatic N) is 1. The zero-order valence-electron chi connectivity index (χ0n) is 15.5. The predicted molar refractivity (Wildman–Crippen MR) is 120 cm³/mol. The van der Waals surface area contributed by atoms with Gasteiger partial charge in [0, 0.05) is 6.07 Å². The molecular weight excluding hydrogens is 510 g/mol. The van der Waals surface area contributed by atoms with Crippen LogP contribution in [0.3, 0.4) is 0 Å². The molecule has 1 N–H and O–H groups in total. The van der Waals surface area contributed by atoms with E-state index in [1.165, 1.54) is 17.0 Å². The minimum absolute atomic E-state index is 0.0135.